The highest BCUT2D eigenvalue weighted by Gasteiger charge is 2.16. The van der Waals surface area contributed by atoms with E-state index in [2.05, 4.69) is 5.32 Å². The van der Waals surface area contributed by atoms with Crippen LogP contribution in [-0.4, -0.2) is 13.0 Å². The topological polar surface area (TPSA) is 64.3 Å². The lowest BCUT2D eigenvalue weighted by atomic mass is 10.1. The van der Waals surface area contributed by atoms with Crippen molar-refractivity contribution in [1.29, 1.82) is 0 Å². The van der Waals surface area contributed by atoms with E-state index < -0.39 is 28.8 Å². The van der Waals surface area contributed by atoms with Gasteiger partial charge < -0.3 is 15.8 Å². The Bertz CT molecular complexity index is 708. The summed E-state index contributed by atoms with van der Waals surface area (Å²) in [6, 6.07) is 6.04. The van der Waals surface area contributed by atoms with E-state index in [4.69, 9.17) is 22.1 Å². The minimum Gasteiger partial charge on any atom is -0.495 e. The Hall–Kier alpha value is -2.34. The summed E-state index contributed by atoms with van der Waals surface area (Å²) < 4.78 is 32.0. The Balaban J connectivity index is 2.30. The molecular weight excluding hydrogens is 302 g/mol. The Kier molecular flexibility index (Phi) is 4.28. The number of carbonyl (C=O) groups excluding carboxylic acids is 1. The Labute approximate surface area is 124 Å². The molecule has 0 atom stereocenters. The first-order valence-electron chi connectivity index (χ1n) is 5.81. The number of nitrogens with two attached hydrogens (primary N) is 1. The fourth-order valence-corrected chi connectivity index (χ4v) is 1.91. The number of halogens is 3. The fourth-order valence-electron chi connectivity index (χ4n) is 1.71. The van der Waals surface area contributed by atoms with Crippen molar-refractivity contribution in [3.05, 3.63) is 52.6 Å². The molecule has 0 bridgehead atoms. The van der Waals surface area contributed by atoms with Crippen LogP contribution >= 0.6 is 11.6 Å². The molecule has 21 heavy (non-hydrogen) atoms. The molecule has 0 aromatic heterocycles. The van der Waals surface area contributed by atoms with E-state index in [1.807, 2.05) is 0 Å². The van der Waals surface area contributed by atoms with Crippen molar-refractivity contribution in [2.75, 3.05) is 18.2 Å². The number of nitrogen functional groups attached to an aromatic ring is 1. The summed E-state index contributed by atoms with van der Waals surface area (Å²) in [5, 5.41) is 2.77. The third kappa shape index (κ3) is 3.22. The lowest BCUT2D eigenvalue weighted by Gasteiger charge is -2.10. The van der Waals surface area contributed by atoms with Crippen LogP contribution in [0, 0.1) is 11.6 Å². The summed E-state index contributed by atoms with van der Waals surface area (Å²) in [4.78, 5) is 12.0. The molecule has 0 saturated heterocycles. The second kappa shape index (κ2) is 5.97. The van der Waals surface area contributed by atoms with Gasteiger partial charge >= 0.3 is 0 Å². The van der Waals surface area contributed by atoms with E-state index >= 15 is 0 Å². The highest BCUT2D eigenvalue weighted by Crippen LogP contribution is 2.28. The van der Waals surface area contributed by atoms with Gasteiger partial charge in [-0.25, -0.2) is 8.78 Å². The second-order valence-corrected chi connectivity index (χ2v) is 4.57. The van der Waals surface area contributed by atoms with Gasteiger partial charge in [0.2, 0.25) is 0 Å². The average Bonchev–Trinajstić information content (AvgIpc) is 2.44. The zero-order valence-electron chi connectivity index (χ0n) is 10.9. The van der Waals surface area contributed by atoms with Gasteiger partial charge in [0.05, 0.1) is 23.4 Å². The first kappa shape index (κ1) is 15.1. The summed E-state index contributed by atoms with van der Waals surface area (Å²) in [5.41, 5.74) is 4.69. The minimum atomic E-state index is -0.977. The molecule has 3 N–H and O–H groups in total. The normalized spacial score (nSPS) is 10.3. The minimum absolute atomic E-state index is 0.323. The predicted molar refractivity (Wildman–Crippen MR) is 76.7 cm³/mol. The molecule has 0 radical (unpaired) electrons. The number of benzene rings is 2. The monoisotopic (exact) mass is 312 g/mol. The number of anilines is 2. The van der Waals surface area contributed by atoms with Crippen LogP contribution in [0.4, 0.5) is 20.2 Å². The van der Waals surface area contributed by atoms with Crippen LogP contribution in [0.3, 0.4) is 0 Å². The molecule has 0 saturated carbocycles. The van der Waals surface area contributed by atoms with Gasteiger partial charge in [0.15, 0.2) is 5.82 Å². The van der Waals surface area contributed by atoms with Crippen molar-refractivity contribution in [2.45, 2.75) is 0 Å². The van der Waals surface area contributed by atoms with Gasteiger partial charge in [-0.2, -0.15) is 0 Å². The number of carbonyl (C=O) groups is 1. The van der Waals surface area contributed by atoms with Gasteiger partial charge in [-0.3, -0.25) is 4.79 Å². The molecule has 0 aliphatic rings. The first-order chi connectivity index (χ1) is 9.92. The van der Waals surface area contributed by atoms with E-state index in [-0.39, 0.29) is 0 Å². The Morgan fingerprint density at radius 1 is 1.29 bits per heavy atom. The van der Waals surface area contributed by atoms with Crippen molar-refractivity contribution in [3.8, 4) is 5.75 Å². The van der Waals surface area contributed by atoms with Gasteiger partial charge in [0, 0.05) is 11.8 Å². The van der Waals surface area contributed by atoms with Crippen LogP contribution in [0.15, 0.2) is 30.3 Å². The van der Waals surface area contributed by atoms with E-state index in [0.29, 0.717) is 16.5 Å². The summed E-state index contributed by atoms with van der Waals surface area (Å²) >= 11 is 5.85. The maximum absolute atomic E-state index is 13.7. The molecule has 2 aromatic rings. The summed E-state index contributed by atoms with van der Waals surface area (Å²) in [6.45, 7) is 0. The van der Waals surface area contributed by atoms with Crippen LogP contribution in [0.25, 0.3) is 0 Å². The maximum Gasteiger partial charge on any atom is 0.258 e. The van der Waals surface area contributed by atoms with Gasteiger partial charge in [-0.1, -0.05) is 11.6 Å². The number of rotatable bonds is 3. The second-order valence-electron chi connectivity index (χ2n) is 4.16. The molecule has 2 aromatic carbocycles. The molecule has 0 aliphatic heterocycles. The molecule has 7 heteroatoms. The smallest absolute Gasteiger partial charge is 0.258 e. The lowest BCUT2D eigenvalue weighted by molar-refractivity contribution is 0.102. The summed E-state index contributed by atoms with van der Waals surface area (Å²) in [6.07, 6.45) is 0. The molecule has 0 heterocycles. The molecule has 0 unspecified atom stereocenters. The number of ether oxygens (including phenoxy) is 1. The Morgan fingerprint density at radius 3 is 2.67 bits per heavy atom. The summed E-state index contributed by atoms with van der Waals surface area (Å²) in [5.74, 6) is -2.26. The van der Waals surface area contributed by atoms with Gasteiger partial charge in [0.1, 0.15) is 11.6 Å². The van der Waals surface area contributed by atoms with E-state index in [1.165, 1.54) is 25.3 Å². The van der Waals surface area contributed by atoms with Crippen LogP contribution in [-0.2, 0) is 0 Å². The van der Waals surface area contributed by atoms with Crippen molar-refractivity contribution < 1.29 is 18.3 Å². The van der Waals surface area contributed by atoms with E-state index in [1.54, 1.807) is 0 Å². The third-order valence-electron chi connectivity index (χ3n) is 2.72. The predicted octanol–water partition coefficient (Wildman–Crippen LogP) is 3.46. The van der Waals surface area contributed by atoms with Crippen molar-refractivity contribution >= 4 is 28.9 Å². The molecule has 0 spiro atoms. The van der Waals surface area contributed by atoms with Gasteiger partial charge in [-0.05, 0) is 24.3 Å². The average molecular weight is 313 g/mol. The standard InChI is InChI=1S/C14H11ClF2N2O2/c1-21-12-6-8(2-3-10(12)15)19-14(20)9-4-7(16)5-11(18)13(9)17/h2-6H,18H2,1H3,(H,19,20). The van der Waals surface area contributed by atoms with Crippen LogP contribution in [0.1, 0.15) is 10.4 Å². The molecular formula is C14H11ClF2N2O2. The molecule has 1 amide bonds. The van der Waals surface area contributed by atoms with E-state index in [0.717, 1.165) is 12.1 Å². The van der Waals surface area contributed by atoms with Crippen molar-refractivity contribution in [2.24, 2.45) is 0 Å². The molecule has 0 fully saturated rings. The first-order valence-corrected chi connectivity index (χ1v) is 6.19. The number of hydrogen-bond acceptors (Lipinski definition) is 3. The third-order valence-corrected chi connectivity index (χ3v) is 3.03. The number of methoxy groups -OCH3 is 1. The van der Waals surface area contributed by atoms with Crippen LogP contribution in [0.5, 0.6) is 5.75 Å². The number of nitrogens with one attached hydrogen (secondary N) is 1. The highest BCUT2D eigenvalue weighted by atomic mass is 35.5. The SMILES string of the molecule is COc1cc(NC(=O)c2cc(F)cc(N)c2F)ccc1Cl. The van der Waals surface area contributed by atoms with Gasteiger partial charge in [0.25, 0.3) is 5.91 Å². The number of hydrogen-bond donors (Lipinski definition) is 2. The lowest BCUT2D eigenvalue weighted by Crippen LogP contribution is -2.15. The van der Waals surface area contributed by atoms with Crippen LogP contribution < -0.4 is 15.8 Å². The van der Waals surface area contributed by atoms with Crippen LogP contribution in [0.2, 0.25) is 5.02 Å². The highest BCUT2D eigenvalue weighted by molar-refractivity contribution is 6.32. The maximum atomic E-state index is 13.7. The molecule has 110 valence electrons. The molecule has 2 rings (SSSR count). The Morgan fingerprint density at radius 2 is 2.00 bits per heavy atom. The largest absolute Gasteiger partial charge is 0.495 e. The van der Waals surface area contributed by atoms with E-state index in [9.17, 15) is 13.6 Å². The zero-order valence-corrected chi connectivity index (χ0v) is 11.7. The molecule has 4 nitrogen and oxygen atoms in total. The van der Waals surface area contributed by atoms with Crippen molar-refractivity contribution in [3.63, 3.8) is 0 Å². The summed E-state index contributed by atoms with van der Waals surface area (Å²) in [7, 11) is 1.42. The zero-order chi connectivity index (χ0) is 15.6. The van der Waals surface area contributed by atoms with Crippen molar-refractivity contribution in [1.82, 2.24) is 0 Å². The van der Waals surface area contributed by atoms with Gasteiger partial charge in [-0.15, -0.1) is 0 Å². The molecule has 0 aliphatic carbocycles. The fraction of sp³-hybridized carbons (Fsp3) is 0.0714. The number of amides is 1. The quantitative estimate of drug-likeness (QED) is 0.853.